The molecular weight excluding hydrogens is 134 g/mol. The Morgan fingerprint density at radius 1 is 1.60 bits per heavy atom. The maximum atomic E-state index is 10.6. The molecule has 0 aromatic carbocycles. The molecule has 4 heteroatoms. The van der Waals surface area contributed by atoms with E-state index < -0.39 is 18.1 Å². The molecule has 0 radical (unpaired) electrons. The molecule has 0 aromatic heterocycles. The lowest BCUT2D eigenvalue weighted by Gasteiger charge is -2.07. The van der Waals surface area contributed by atoms with Gasteiger partial charge in [0.15, 0.2) is 0 Å². The molecule has 0 aromatic rings. The summed E-state index contributed by atoms with van der Waals surface area (Å²) in [6.45, 7) is 2.88. The van der Waals surface area contributed by atoms with Crippen LogP contribution < -0.4 is 5.32 Å². The van der Waals surface area contributed by atoms with Gasteiger partial charge in [0.25, 0.3) is 0 Å². The lowest BCUT2D eigenvalue weighted by atomic mass is 10.3. The molecule has 58 valence electrons. The van der Waals surface area contributed by atoms with Crippen molar-refractivity contribution in [2.24, 2.45) is 0 Å². The smallest absolute Gasteiger partial charge is 0.249 e. The zero-order valence-corrected chi connectivity index (χ0v) is 6.00. The Balaban J connectivity index is 3.68. The van der Waals surface area contributed by atoms with Crippen molar-refractivity contribution < 1.29 is 14.7 Å². The SMILES string of the molecule is CC(C=O)NC(=O)[C@H](C)O. The molecule has 10 heavy (non-hydrogen) atoms. The molecule has 0 saturated heterocycles. The van der Waals surface area contributed by atoms with Crippen LogP contribution in [0.25, 0.3) is 0 Å². The molecule has 4 nitrogen and oxygen atoms in total. The third-order valence-electron chi connectivity index (χ3n) is 0.953. The highest BCUT2D eigenvalue weighted by molar-refractivity contribution is 5.82. The first-order valence-corrected chi connectivity index (χ1v) is 3.01. The number of aldehydes is 1. The number of hydrogen-bond acceptors (Lipinski definition) is 3. The van der Waals surface area contributed by atoms with Gasteiger partial charge in [0, 0.05) is 0 Å². The minimum atomic E-state index is -1.05. The Bertz CT molecular complexity index is 133. The van der Waals surface area contributed by atoms with Gasteiger partial charge in [-0.25, -0.2) is 0 Å². The maximum Gasteiger partial charge on any atom is 0.249 e. The largest absolute Gasteiger partial charge is 0.384 e. The first-order chi connectivity index (χ1) is 4.57. The lowest BCUT2D eigenvalue weighted by Crippen LogP contribution is -2.39. The molecule has 1 unspecified atom stereocenters. The molecule has 0 rings (SSSR count). The van der Waals surface area contributed by atoms with Crippen molar-refractivity contribution in [1.82, 2.24) is 5.32 Å². The Morgan fingerprint density at radius 2 is 2.10 bits per heavy atom. The van der Waals surface area contributed by atoms with Gasteiger partial charge < -0.3 is 15.2 Å². The number of nitrogens with one attached hydrogen (secondary N) is 1. The van der Waals surface area contributed by atoms with Gasteiger partial charge in [0.05, 0.1) is 6.04 Å². The Labute approximate surface area is 59.2 Å². The number of carbonyl (C=O) groups excluding carboxylic acids is 2. The quantitative estimate of drug-likeness (QED) is 0.504. The van der Waals surface area contributed by atoms with Gasteiger partial charge in [-0.05, 0) is 13.8 Å². The summed E-state index contributed by atoms with van der Waals surface area (Å²) in [6.07, 6.45) is -0.456. The summed E-state index contributed by atoms with van der Waals surface area (Å²) in [5, 5.41) is 10.9. The summed E-state index contributed by atoms with van der Waals surface area (Å²) in [4.78, 5) is 20.6. The highest BCUT2D eigenvalue weighted by atomic mass is 16.3. The molecule has 0 aliphatic heterocycles. The average Bonchev–Trinajstić information content (AvgIpc) is 1.87. The van der Waals surface area contributed by atoms with Gasteiger partial charge in [-0.1, -0.05) is 0 Å². The van der Waals surface area contributed by atoms with E-state index in [1.807, 2.05) is 0 Å². The zero-order valence-electron chi connectivity index (χ0n) is 6.00. The Morgan fingerprint density at radius 3 is 2.40 bits per heavy atom. The molecular formula is C6H11NO3. The van der Waals surface area contributed by atoms with Crippen LogP contribution >= 0.6 is 0 Å². The third-order valence-corrected chi connectivity index (χ3v) is 0.953. The number of aliphatic hydroxyl groups excluding tert-OH is 1. The highest BCUT2D eigenvalue weighted by Crippen LogP contribution is 1.81. The summed E-state index contributed by atoms with van der Waals surface area (Å²) in [5.74, 6) is -0.528. The van der Waals surface area contributed by atoms with Crippen molar-refractivity contribution in [3.63, 3.8) is 0 Å². The van der Waals surface area contributed by atoms with Crippen LogP contribution in [0.4, 0.5) is 0 Å². The van der Waals surface area contributed by atoms with Gasteiger partial charge >= 0.3 is 0 Å². The monoisotopic (exact) mass is 145 g/mol. The number of rotatable bonds is 3. The summed E-state index contributed by atoms with van der Waals surface area (Å²) in [5.41, 5.74) is 0. The number of carbonyl (C=O) groups is 2. The average molecular weight is 145 g/mol. The first-order valence-electron chi connectivity index (χ1n) is 3.01. The minimum Gasteiger partial charge on any atom is -0.384 e. The van der Waals surface area contributed by atoms with Crippen molar-refractivity contribution in [3.05, 3.63) is 0 Å². The number of aliphatic hydroxyl groups is 1. The van der Waals surface area contributed by atoms with Crippen molar-refractivity contribution in [2.45, 2.75) is 26.0 Å². The first kappa shape index (κ1) is 9.10. The van der Waals surface area contributed by atoms with Gasteiger partial charge in [-0.15, -0.1) is 0 Å². The maximum absolute atomic E-state index is 10.6. The molecule has 0 spiro atoms. The van der Waals surface area contributed by atoms with E-state index in [0.29, 0.717) is 6.29 Å². The van der Waals surface area contributed by atoms with E-state index in [1.54, 1.807) is 0 Å². The molecule has 2 atom stereocenters. The van der Waals surface area contributed by atoms with E-state index in [-0.39, 0.29) is 0 Å². The highest BCUT2D eigenvalue weighted by Gasteiger charge is 2.10. The summed E-state index contributed by atoms with van der Waals surface area (Å²) in [6, 6.07) is -0.526. The van der Waals surface area contributed by atoms with Crippen LogP contribution in [0.1, 0.15) is 13.8 Å². The predicted octanol–water partition coefficient (Wildman–Crippen LogP) is -0.929. The van der Waals surface area contributed by atoms with Gasteiger partial charge in [0.1, 0.15) is 12.4 Å². The fourth-order valence-corrected chi connectivity index (χ4v) is 0.379. The van der Waals surface area contributed by atoms with E-state index in [2.05, 4.69) is 5.32 Å². The molecule has 0 heterocycles. The fraction of sp³-hybridized carbons (Fsp3) is 0.667. The third kappa shape index (κ3) is 3.19. The van der Waals surface area contributed by atoms with Gasteiger partial charge in [-0.3, -0.25) is 4.79 Å². The normalized spacial score (nSPS) is 15.5. The Hall–Kier alpha value is -0.900. The van der Waals surface area contributed by atoms with Crippen molar-refractivity contribution >= 4 is 12.2 Å². The van der Waals surface area contributed by atoms with E-state index in [1.165, 1.54) is 13.8 Å². The van der Waals surface area contributed by atoms with Gasteiger partial charge in [0.2, 0.25) is 5.91 Å². The number of hydrogen-bond donors (Lipinski definition) is 2. The van der Waals surface area contributed by atoms with Crippen LogP contribution in [-0.4, -0.2) is 29.4 Å². The minimum absolute atomic E-state index is 0.526. The van der Waals surface area contributed by atoms with Crippen LogP contribution in [0.2, 0.25) is 0 Å². The van der Waals surface area contributed by atoms with E-state index >= 15 is 0 Å². The number of amides is 1. The topological polar surface area (TPSA) is 66.4 Å². The van der Waals surface area contributed by atoms with Crippen molar-refractivity contribution in [1.29, 1.82) is 0 Å². The van der Waals surface area contributed by atoms with E-state index in [9.17, 15) is 9.59 Å². The van der Waals surface area contributed by atoms with Crippen LogP contribution in [0.5, 0.6) is 0 Å². The second-order valence-electron chi connectivity index (χ2n) is 2.11. The molecule has 0 aliphatic carbocycles. The summed E-state index contributed by atoms with van der Waals surface area (Å²) < 4.78 is 0. The summed E-state index contributed by atoms with van der Waals surface area (Å²) in [7, 11) is 0. The standard InChI is InChI=1S/C6H11NO3/c1-4(3-8)7-6(10)5(2)9/h3-5,9H,1-2H3,(H,7,10)/t4?,5-/m0/s1. The summed E-state index contributed by atoms with van der Waals surface area (Å²) >= 11 is 0. The molecule has 2 N–H and O–H groups in total. The molecule has 1 amide bonds. The van der Waals surface area contributed by atoms with Gasteiger partial charge in [-0.2, -0.15) is 0 Å². The van der Waals surface area contributed by atoms with Crippen LogP contribution in [0.3, 0.4) is 0 Å². The molecule has 0 bridgehead atoms. The second kappa shape index (κ2) is 4.00. The van der Waals surface area contributed by atoms with Crippen LogP contribution in [-0.2, 0) is 9.59 Å². The molecule has 0 fully saturated rings. The van der Waals surface area contributed by atoms with Crippen LogP contribution in [0.15, 0.2) is 0 Å². The van der Waals surface area contributed by atoms with E-state index in [4.69, 9.17) is 5.11 Å². The van der Waals surface area contributed by atoms with E-state index in [0.717, 1.165) is 0 Å². The zero-order chi connectivity index (χ0) is 8.15. The fourth-order valence-electron chi connectivity index (χ4n) is 0.379. The molecule has 0 aliphatic rings. The predicted molar refractivity (Wildman–Crippen MR) is 35.3 cm³/mol. The van der Waals surface area contributed by atoms with Crippen LogP contribution in [0, 0.1) is 0 Å². The Kier molecular flexibility index (Phi) is 3.64. The second-order valence-corrected chi connectivity index (χ2v) is 2.11. The van der Waals surface area contributed by atoms with Crippen molar-refractivity contribution in [2.75, 3.05) is 0 Å². The lowest BCUT2D eigenvalue weighted by molar-refractivity contribution is -0.130. The van der Waals surface area contributed by atoms with Crippen molar-refractivity contribution in [3.8, 4) is 0 Å². The molecule has 0 saturated carbocycles.